The van der Waals surface area contributed by atoms with Gasteiger partial charge in [-0.2, -0.15) is 0 Å². The van der Waals surface area contributed by atoms with Crippen LogP contribution in [0.4, 0.5) is 0 Å². The average Bonchev–Trinajstić information content (AvgIpc) is 2.37. The molecule has 0 aliphatic carbocycles. The summed E-state index contributed by atoms with van der Waals surface area (Å²) >= 11 is 0. The fourth-order valence-corrected chi connectivity index (χ4v) is 3.09. The van der Waals surface area contributed by atoms with Crippen LogP contribution in [0.2, 0.25) is 0 Å². The summed E-state index contributed by atoms with van der Waals surface area (Å²) in [6, 6.07) is 0.192. The van der Waals surface area contributed by atoms with E-state index in [0.29, 0.717) is 19.7 Å². The van der Waals surface area contributed by atoms with Crippen molar-refractivity contribution >= 4 is 16.0 Å². The van der Waals surface area contributed by atoms with E-state index in [4.69, 9.17) is 4.74 Å². The van der Waals surface area contributed by atoms with Crippen LogP contribution in [0.1, 0.15) is 26.7 Å². The Hall–Kier alpha value is -0.660. The number of carbonyl (C=O) groups excluding carboxylic acids is 1. The fraction of sp³-hybridized carbons (Fsp3) is 0.909. The molecule has 0 amide bonds. The molecule has 0 aromatic rings. The Morgan fingerprint density at radius 1 is 1.33 bits per heavy atom. The monoisotopic (exact) mass is 278 g/mol. The number of hydrogen-bond acceptors (Lipinski definition) is 5. The number of piperidine rings is 1. The minimum absolute atomic E-state index is 0.147. The molecule has 18 heavy (non-hydrogen) atoms. The lowest BCUT2D eigenvalue weighted by atomic mass is 10.1. The Morgan fingerprint density at radius 2 is 1.94 bits per heavy atom. The molecule has 1 heterocycles. The van der Waals surface area contributed by atoms with Gasteiger partial charge in [0.05, 0.1) is 18.9 Å². The molecule has 0 unspecified atom stereocenters. The summed E-state index contributed by atoms with van der Waals surface area (Å²) < 4.78 is 29.6. The third kappa shape index (κ3) is 4.55. The second kappa shape index (κ2) is 7.06. The zero-order valence-corrected chi connectivity index (χ0v) is 11.8. The maximum Gasteiger partial charge on any atom is 0.319 e. The lowest BCUT2D eigenvalue weighted by Crippen LogP contribution is -2.46. The highest BCUT2D eigenvalue weighted by Gasteiger charge is 2.26. The number of sulfonamides is 1. The molecule has 0 spiro atoms. The summed E-state index contributed by atoms with van der Waals surface area (Å²) in [5, 5.41) is 3.10. The Kier molecular flexibility index (Phi) is 6.04. The fourth-order valence-electron chi connectivity index (χ4n) is 1.96. The van der Waals surface area contributed by atoms with Crippen LogP contribution in [0.3, 0.4) is 0 Å². The molecule has 1 N–H and O–H groups in total. The lowest BCUT2D eigenvalue weighted by molar-refractivity contribution is -0.142. The van der Waals surface area contributed by atoms with Crippen molar-refractivity contribution < 1.29 is 17.9 Å². The van der Waals surface area contributed by atoms with Gasteiger partial charge in [0.15, 0.2) is 0 Å². The van der Waals surface area contributed by atoms with Gasteiger partial charge < -0.3 is 10.1 Å². The first-order chi connectivity index (χ1) is 8.49. The number of esters is 1. The smallest absolute Gasteiger partial charge is 0.319 e. The zero-order chi connectivity index (χ0) is 13.6. The van der Waals surface area contributed by atoms with Gasteiger partial charge in [0.2, 0.25) is 10.0 Å². The van der Waals surface area contributed by atoms with Crippen LogP contribution in [0.15, 0.2) is 0 Å². The van der Waals surface area contributed by atoms with Gasteiger partial charge in [-0.15, -0.1) is 0 Å². The molecule has 1 fully saturated rings. The highest BCUT2D eigenvalue weighted by Crippen LogP contribution is 2.14. The van der Waals surface area contributed by atoms with E-state index in [1.54, 1.807) is 13.8 Å². The summed E-state index contributed by atoms with van der Waals surface area (Å²) in [7, 11) is -3.07. The highest BCUT2D eigenvalue weighted by molar-refractivity contribution is 7.89. The van der Waals surface area contributed by atoms with E-state index in [0.717, 1.165) is 12.8 Å². The summed E-state index contributed by atoms with van der Waals surface area (Å²) in [5.41, 5.74) is 0. The molecule has 0 atom stereocenters. The van der Waals surface area contributed by atoms with Crippen molar-refractivity contribution in [1.82, 2.24) is 9.62 Å². The van der Waals surface area contributed by atoms with Gasteiger partial charge >= 0.3 is 5.97 Å². The molecule has 0 aromatic heterocycles. The molecule has 0 aromatic carbocycles. The van der Waals surface area contributed by atoms with Crippen LogP contribution in [0.25, 0.3) is 0 Å². The van der Waals surface area contributed by atoms with Gasteiger partial charge in [-0.25, -0.2) is 12.7 Å². The van der Waals surface area contributed by atoms with Gasteiger partial charge in [0.1, 0.15) is 0 Å². The van der Waals surface area contributed by atoms with Crippen molar-refractivity contribution in [3.8, 4) is 0 Å². The van der Waals surface area contributed by atoms with Crippen molar-refractivity contribution in [1.29, 1.82) is 0 Å². The lowest BCUT2D eigenvalue weighted by Gasteiger charge is -2.31. The van der Waals surface area contributed by atoms with Crippen molar-refractivity contribution in [3.63, 3.8) is 0 Å². The summed E-state index contributed by atoms with van der Waals surface area (Å²) in [6.07, 6.45) is 1.47. The number of nitrogens with zero attached hydrogens (tertiary/aromatic N) is 1. The summed E-state index contributed by atoms with van der Waals surface area (Å²) in [5.74, 6) is -0.116. The Labute approximate surface area is 109 Å². The first-order valence-corrected chi connectivity index (χ1v) is 7.97. The molecular weight excluding hydrogens is 256 g/mol. The van der Waals surface area contributed by atoms with Crippen LogP contribution in [-0.2, 0) is 19.6 Å². The Balaban J connectivity index is 2.30. The number of nitrogens with one attached hydrogen (secondary N) is 1. The van der Waals surface area contributed by atoms with E-state index in [-0.39, 0.29) is 24.3 Å². The van der Waals surface area contributed by atoms with Gasteiger partial charge in [-0.05, 0) is 26.7 Å². The minimum atomic E-state index is -3.07. The van der Waals surface area contributed by atoms with E-state index in [1.165, 1.54) is 4.31 Å². The number of ether oxygens (including phenoxy) is 1. The third-order valence-corrected chi connectivity index (χ3v) is 4.93. The summed E-state index contributed by atoms with van der Waals surface area (Å²) in [4.78, 5) is 11.2. The molecule has 0 saturated carbocycles. The van der Waals surface area contributed by atoms with Crippen LogP contribution in [0.5, 0.6) is 0 Å². The summed E-state index contributed by atoms with van der Waals surface area (Å²) in [6.45, 7) is 5.05. The van der Waals surface area contributed by atoms with Crippen molar-refractivity contribution in [3.05, 3.63) is 0 Å². The molecule has 0 radical (unpaired) electrons. The van der Waals surface area contributed by atoms with Crippen molar-refractivity contribution in [2.45, 2.75) is 32.7 Å². The molecule has 106 valence electrons. The van der Waals surface area contributed by atoms with Crippen molar-refractivity contribution in [2.75, 3.05) is 32.0 Å². The van der Waals surface area contributed by atoms with E-state index in [9.17, 15) is 13.2 Å². The van der Waals surface area contributed by atoms with Crippen LogP contribution in [-0.4, -0.2) is 56.7 Å². The first kappa shape index (κ1) is 15.4. The van der Waals surface area contributed by atoms with Crippen LogP contribution in [0, 0.1) is 0 Å². The molecule has 1 saturated heterocycles. The topological polar surface area (TPSA) is 75.7 Å². The molecule has 6 nitrogen and oxygen atoms in total. The number of carbonyl (C=O) groups is 1. The van der Waals surface area contributed by atoms with E-state index in [1.807, 2.05) is 0 Å². The van der Waals surface area contributed by atoms with Crippen LogP contribution >= 0.6 is 0 Å². The second-order valence-corrected chi connectivity index (χ2v) is 6.52. The molecular formula is C11H22N2O4S. The molecule has 7 heteroatoms. The zero-order valence-electron chi connectivity index (χ0n) is 11.0. The quantitative estimate of drug-likeness (QED) is 0.690. The maximum absolute atomic E-state index is 11.6. The SMILES string of the molecule is CCOC(=O)CNC1CCN(S(=O)(=O)CC)CC1. The molecule has 1 aliphatic heterocycles. The van der Waals surface area contributed by atoms with E-state index in [2.05, 4.69) is 5.32 Å². The van der Waals surface area contributed by atoms with E-state index < -0.39 is 10.0 Å². The average molecular weight is 278 g/mol. The largest absolute Gasteiger partial charge is 0.465 e. The third-order valence-electron chi connectivity index (χ3n) is 3.05. The first-order valence-electron chi connectivity index (χ1n) is 6.36. The predicted molar refractivity (Wildman–Crippen MR) is 68.7 cm³/mol. The number of hydrogen-bond donors (Lipinski definition) is 1. The number of rotatable bonds is 6. The minimum Gasteiger partial charge on any atom is -0.465 e. The van der Waals surface area contributed by atoms with Crippen LogP contribution < -0.4 is 5.32 Å². The Bertz CT molecular complexity index is 361. The van der Waals surface area contributed by atoms with Crippen molar-refractivity contribution in [2.24, 2.45) is 0 Å². The maximum atomic E-state index is 11.6. The van der Waals surface area contributed by atoms with E-state index >= 15 is 0 Å². The molecule has 1 aliphatic rings. The normalized spacial score (nSPS) is 18.8. The second-order valence-electron chi connectivity index (χ2n) is 4.26. The van der Waals surface area contributed by atoms with Gasteiger partial charge in [-0.1, -0.05) is 0 Å². The Morgan fingerprint density at radius 3 is 2.44 bits per heavy atom. The van der Waals surface area contributed by atoms with Gasteiger partial charge in [0, 0.05) is 19.1 Å². The van der Waals surface area contributed by atoms with Gasteiger partial charge in [0.25, 0.3) is 0 Å². The predicted octanol–water partition coefficient (Wildman–Crippen LogP) is -0.0468. The standard InChI is InChI=1S/C11H22N2O4S/c1-3-17-11(14)9-12-10-5-7-13(8-6-10)18(15,16)4-2/h10,12H,3-9H2,1-2H3. The molecule has 1 rings (SSSR count). The molecule has 0 bridgehead atoms. The highest BCUT2D eigenvalue weighted by atomic mass is 32.2. The van der Waals surface area contributed by atoms with Gasteiger partial charge in [-0.3, -0.25) is 4.79 Å².